The van der Waals surface area contributed by atoms with Crippen molar-refractivity contribution in [2.75, 3.05) is 6.54 Å². The summed E-state index contributed by atoms with van der Waals surface area (Å²) in [7, 11) is 0. The molecule has 0 saturated carbocycles. The van der Waals surface area contributed by atoms with Crippen LogP contribution in [0.25, 0.3) is 0 Å². The van der Waals surface area contributed by atoms with Crippen LogP contribution in [0.5, 0.6) is 0 Å². The Hall–Kier alpha value is -3.51. The number of carboxylic acids is 2. The van der Waals surface area contributed by atoms with E-state index in [0.717, 1.165) is 5.56 Å². The number of carbonyl (C=O) groups is 5. The summed E-state index contributed by atoms with van der Waals surface area (Å²) in [6.45, 7) is 4.04. The number of amides is 3. The van der Waals surface area contributed by atoms with E-state index in [-0.39, 0.29) is 25.2 Å². The molecule has 206 valence electrons. The van der Waals surface area contributed by atoms with Gasteiger partial charge in [0, 0.05) is 6.42 Å². The number of nitrogens with one attached hydrogen (secondary N) is 3. The van der Waals surface area contributed by atoms with Crippen LogP contribution in [0.1, 0.15) is 51.5 Å². The van der Waals surface area contributed by atoms with Crippen molar-refractivity contribution in [3.8, 4) is 0 Å². The van der Waals surface area contributed by atoms with E-state index in [1.807, 2.05) is 13.8 Å². The molecule has 0 saturated heterocycles. The smallest absolute Gasteiger partial charge is 0.326 e. The van der Waals surface area contributed by atoms with Gasteiger partial charge in [0.1, 0.15) is 18.1 Å². The molecule has 1 aromatic carbocycles. The fourth-order valence-electron chi connectivity index (χ4n) is 3.62. The Bertz CT molecular complexity index is 910. The first-order chi connectivity index (χ1) is 17.4. The molecular formula is C25H39N5O7. The normalized spacial score (nSPS) is 14.2. The largest absolute Gasteiger partial charge is 0.481 e. The maximum atomic E-state index is 13.1. The molecule has 0 aliphatic rings. The first kappa shape index (κ1) is 31.5. The predicted molar refractivity (Wildman–Crippen MR) is 136 cm³/mol. The molecule has 9 N–H and O–H groups in total. The molecule has 4 atom stereocenters. The third-order valence-electron chi connectivity index (χ3n) is 5.55. The van der Waals surface area contributed by atoms with Crippen LogP contribution in [-0.2, 0) is 30.4 Å². The summed E-state index contributed by atoms with van der Waals surface area (Å²) in [4.78, 5) is 61.2. The molecule has 0 radical (unpaired) electrons. The topological polar surface area (TPSA) is 214 Å². The van der Waals surface area contributed by atoms with Crippen LogP contribution in [0.2, 0.25) is 0 Å². The third kappa shape index (κ3) is 12.3. The van der Waals surface area contributed by atoms with Crippen molar-refractivity contribution in [2.24, 2.45) is 17.4 Å². The molecule has 1 aromatic rings. The molecule has 0 aromatic heterocycles. The number of aliphatic carboxylic acids is 2. The lowest BCUT2D eigenvalue weighted by molar-refractivity contribution is -0.142. The SMILES string of the molecule is CC(C)CC(NC(=O)C(N)CC(=O)O)C(=O)NC(CCCCN)C(=O)NC(Cc1ccccc1)C(=O)O. The van der Waals surface area contributed by atoms with Gasteiger partial charge in [0.25, 0.3) is 0 Å². The maximum Gasteiger partial charge on any atom is 0.326 e. The number of unbranched alkanes of at least 4 members (excludes halogenated alkanes) is 1. The van der Waals surface area contributed by atoms with E-state index in [1.54, 1.807) is 30.3 Å². The van der Waals surface area contributed by atoms with Gasteiger partial charge in [-0.25, -0.2) is 4.79 Å². The summed E-state index contributed by atoms with van der Waals surface area (Å²) in [5.74, 6) is -4.65. The Morgan fingerprint density at radius 1 is 0.838 bits per heavy atom. The van der Waals surface area contributed by atoms with Crippen LogP contribution in [0, 0.1) is 5.92 Å². The van der Waals surface area contributed by atoms with Crippen LogP contribution in [0.3, 0.4) is 0 Å². The number of carboxylic acid groups (broad SMARTS) is 2. The highest BCUT2D eigenvalue weighted by atomic mass is 16.4. The molecule has 0 bridgehead atoms. The van der Waals surface area contributed by atoms with Gasteiger partial charge in [-0.05, 0) is 43.7 Å². The minimum Gasteiger partial charge on any atom is -0.481 e. The standard InChI is InChI=1S/C25H39N5O7/c1-15(2)12-19(29-22(33)17(27)14-21(31)32)24(35)28-18(10-6-7-11-26)23(34)30-20(25(36)37)13-16-8-4-3-5-9-16/h3-5,8-9,15,17-20H,6-7,10-14,26-27H2,1-2H3,(H,28,35)(H,29,33)(H,30,34)(H,31,32)(H,36,37). The quantitative estimate of drug-likeness (QED) is 0.134. The van der Waals surface area contributed by atoms with Gasteiger partial charge < -0.3 is 37.6 Å². The van der Waals surface area contributed by atoms with Gasteiger partial charge in [-0.1, -0.05) is 44.2 Å². The fourth-order valence-corrected chi connectivity index (χ4v) is 3.62. The van der Waals surface area contributed by atoms with E-state index in [0.29, 0.717) is 19.4 Å². The van der Waals surface area contributed by atoms with Crippen molar-refractivity contribution in [1.82, 2.24) is 16.0 Å². The molecule has 3 amide bonds. The number of rotatable bonds is 17. The Kier molecular flexibility index (Phi) is 13.9. The van der Waals surface area contributed by atoms with E-state index in [9.17, 15) is 29.1 Å². The molecule has 4 unspecified atom stereocenters. The minimum atomic E-state index is -1.35. The number of hydrogen-bond acceptors (Lipinski definition) is 7. The first-order valence-electron chi connectivity index (χ1n) is 12.3. The Morgan fingerprint density at radius 3 is 1.95 bits per heavy atom. The second-order valence-electron chi connectivity index (χ2n) is 9.33. The molecule has 12 heteroatoms. The van der Waals surface area contributed by atoms with Gasteiger partial charge in [0.2, 0.25) is 17.7 Å². The lowest BCUT2D eigenvalue weighted by Gasteiger charge is -2.26. The number of nitrogens with two attached hydrogens (primary N) is 2. The van der Waals surface area contributed by atoms with Crippen LogP contribution in [0.4, 0.5) is 0 Å². The van der Waals surface area contributed by atoms with Gasteiger partial charge in [-0.15, -0.1) is 0 Å². The summed E-state index contributed by atoms with van der Waals surface area (Å²) in [6, 6.07) is 4.10. The van der Waals surface area contributed by atoms with E-state index in [1.165, 1.54) is 0 Å². The van der Waals surface area contributed by atoms with Crippen LogP contribution < -0.4 is 27.4 Å². The highest BCUT2D eigenvalue weighted by Gasteiger charge is 2.31. The van der Waals surface area contributed by atoms with Gasteiger partial charge >= 0.3 is 11.9 Å². The second-order valence-corrected chi connectivity index (χ2v) is 9.33. The summed E-state index contributed by atoms with van der Waals surface area (Å²) >= 11 is 0. The Morgan fingerprint density at radius 2 is 1.41 bits per heavy atom. The van der Waals surface area contributed by atoms with E-state index in [4.69, 9.17) is 16.6 Å². The maximum absolute atomic E-state index is 13.1. The third-order valence-corrected chi connectivity index (χ3v) is 5.55. The summed E-state index contributed by atoms with van der Waals surface area (Å²) in [5, 5.41) is 26.1. The van der Waals surface area contributed by atoms with Crippen molar-refractivity contribution in [2.45, 2.75) is 76.5 Å². The summed E-state index contributed by atoms with van der Waals surface area (Å²) in [6.07, 6.45) is 0.939. The molecule has 0 heterocycles. The van der Waals surface area contributed by atoms with Crippen LogP contribution in [0.15, 0.2) is 30.3 Å². The predicted octanol–water partition coefficient (Wildman–Crippen LogP) is -0.255. The molecule has 1 rings (SSSR count). The zero-order valence-corrected chi connectivity index (χ0v) is 21.3. The lowest BCUT2D eigenvalue weighted by atomic mass is 10.0. The molecule has 0 aliphatic heterocycles. The van der Waals surface area contributed by atoms with Gasteiger partial charge in [0.15, 0.2) is 0 Å². The Balaban J connectivity index is 3.01. The van der Waals surface area contributed by atoms with E-state index in [2.05, 4.69) is 16.0 Å². The highest BCUT2D eigenvalue weighted by Crippen LogP contribution is 2.09. The lowest BCUT2D eigenvalue weighted by Crippen LogP contribution is -2.57. The second kappa shape index (κ2) is 16.3. The van der Waals surface area contributed by atoms with Crippen LogP contribution in [-0.4, -0.2) is 70.6 Å². The molecule has 37 heavy (non-hydrogen) atoms. The van der Waals surface area contributed by atoms with Crippen molar-refractivity contribution in [1.29, 1.82) is 0 Å². The minimum absolute atomic E-state index is 0.0291. The van der Waals surface area contributed by atoms with E-state index < -0.39 is 60.2 Å². The monoisotopic (exact) mass is 521 g/mol. The fraction of sp³-hybridized carbons (Fsp3) is 0.560. The first-order valence-corrected chi connectivity index (χ1v) is 12.3. The summed E-state index contributed by atoms with van der Waals surface area (Å²) in [5.41, 5.74) is 11.9. The molecule has 0 fully saturated rings. The van der Waals surface area contributed by atoms with Crippen LogP contribution >= 0.6 is 0 Å². The summed E-state index contributed by atoms with van der Waals surface area (Å²) < 4.78 is 0. The molecular weight excluding hydrogens is 482 g/mol. The highest BCUT2D eigenvalue weighted by molar-refractivity contribution is 5.94. The molecule has 0 spiro atoms. The van der Waals surface area contributed by atoms with Gasteiger partial charge in [0.05, 0.1) is 12.5 Å². The van der Waals surface area contributed by atoms with Gasteiger partial charge in [-0.2, -0.15) is 0 Å². The van der Waals surface area contributed by atoms with E-state index >= 15 is 0 Å². The van der Waals surface area contributed by atoms with Crippen molar-refractivity contribution in [3.63, 3.8) is 0 Å². The Labute approximate surface area is 216 Å². The zero-order valence-electron chi connectivity index (χ0n) is 21.3. The zero-order chi connectivity index (χ0) is 28.0. The molecule has 12 nitrogen and oxygen atoms in total. The average molecular weight is 522 g/mol. The number of carbonyl (C=O) groups excluding carboxylic acids is 3. The van der Waals surface area contributed by atoms with Crippen molar-refractivity contribution >= 4 is 29.7 Å². The van der Waals surface area contributed by atoms with Gasteiger partial charge in [-0.3, -0.25) is 19.2 Å². The van der Waals surface area contributed by atoms with Crippen molar-refractivity contribution in [3.05, 3.63) is 35.9 Å². The average Bonchev–Trinajstić information content (AvgIpc) is 2.82. The van der Waals surface area contributed by atoms with Crippen molar-refractivity contribution < 1.29 is 34.2 Å². The number of hydrogen-bond donors (Lipinski definition) is 7. The molecule has 0 aliphatic carbocycles. The number of benzene rings is 1.